The Kier molecular flexibility index (Phi) is 5.12. The number of aromatic nitrogens is 1. The molecule has 8 heteroatoms. The number of amides is 1. The first-order valence-electron chi connectivity index (χ1n) is 9.45. The highest BCUT2D eigenvalue weighted by Gasteiger charge is 2.43. The van der Waals surface area contributed by atoms with E-state index in [1.807, 2.05) is 6.07 Å². The molecule has 4 rings (SSSR count). The minimum absolute atomic E-state index is 0.170. The molecule has 0 saturated heterocycles. The minimum atomic E-state index is -4.34. The molecule has 0 aliphatic heterocycles. The van der Waals surface area contributed by atoms with Crippen LogP contribution in [0.3, 0.4) is 0 Å². The van der Waals surface area contributed by atoms with Gasteiger partial charge in [0.15, 0.2) is 0 Å². The number of nitrogens with zero attached hydrogens (tertiary/aromatic N) is 1. The number of halogens is 3. The fraction of sp³-hybridized carbons (Fsp3) is 0.273. The van der Waals surface area contributed by atoms with Gasteiger partial charge in [0.2, 0.25) is 5.91 Å². The molecule has 0 radical (unpaired) electrons. The van der Waals surface area contributed by atoms with Crippen molar-refractivity contribution in [2.24, 2.45) is 11.8 Å². The SMILES string of the molecule is N#C[C@@H]1C[C@@H]1C(=O)Nc1c[nH]c2ccc(OCCc3ccc(C(F)(F)F)cc3)cc12. The van der Waals surface area contributed by atoms with Crippen molar-refractivity contribution in [3.63, 3.8) is 0 Å². The van der Waals surface area contributed by atoms with Crippen LogP contribution in [0.5, 0.6) is 5.75 Å². The molecule has 3 aromatic rings. The molecule has 2 aromatic carbocycles. The maximum Gasteiger partial charge on any atom is 0.416 e. The van der Waals surface area contributed by atoms with Gasteiger partial charge in [-0.2, -0.15) is 18.4 Å². The third-order valence-corrected chi connectivity index (χ3v) is 5.14. The Morgan fingerprint density at radius 2 is 2.00 bits per heavy atom. The van der Waals surface area contributed by atoms with Crippen LogP contribution in [0.15, 0.2) is 48.7 Å². The zero-order valence-corrected chi connectivity index (χ0v) is 15.8. The summed E-state index contributed by atoms with van der Waals surface area (Å²) >= 11 is 0. The van der Waals surface area contributed by atoms with Crippen LogP contribution < -0.4 is 10.1 Å². The van der Waals surface area contributed by atoms with E-state index in [1.54, 1.807) is 18.3 Å². The lowest BCUT2D eigenvalue weighted by atomic mass is 10.1. The molecular formula is C22H18F3N3O2. The van der Waals surface area contributed by atoms with Gasteiger partial charge < -0.3 is 15.0 Å². The van der Waals surface area contributed by atoms with E-state index in [0.29, 0.717) is 30.9 Å². The number of nitriles is 1. The highest BCUT2D eigenvalue weighted by molar-refractivity contribution is 6.03. The van der Waals surface area contributed by atoms with Gasteiger partial charge in [-0.1, -0.05) is 12.1 Å². The minimum Gasteiger partial charge on any atom is -0.493 e. The molecular weight excluding hydrogens is 395 g/mol. The number of nitrogens with one attached hydrogen (secondary N) is 2. The number of hydrogen-bond acceptors (Lipinski definition) is 3. The third-order valence-electron chi connectivity index (χ3n) is 5.14. The van der Waals surface area contributed by atoms with Crippen molar-refractivity contribution in [1.82, 2.24) is 4.98 Å². The smallest absolute Gasteiger partial charge is 0.416 e. The van der Waals surface area contributed by atoms with Crippen LogP contribution in [-0.2, 0) is 17.4 Å². The van der Waals surface area contributed by atoms with Crippen molar-refractivity contribution in [3.05, 3.63) is 59.8 Å². The van der Waals surface area contributed by atoms with Gasteiger partial charge in [0.1, 0.15) is 5.75 Å². The predicted molar refractivity (Wildman–Crippen MR) is 105 cm³/mol. The fourth-order valence-electron chi connectivity index (χ4n) is 3.29. The second-order valence-corrected chi connectivity index (χ2v) is 7.27. The number of benzene rings is 2. The van der Waals surface area contributed by atoms with Crippen molar-refractivity contribution in [3.8, 4) is 11.8 Å². The first kappa shape index (κ1) is 19.8. The molecule has 0 bridgehead atoms. The lowest BCUT2D eigenvalue weighted by Gasteiger charge is -2.09. The second kappa shape index (κ2) is 7.75. The molecule has 0 unspecified atom stereocenters. The average Bonchev–Trinajstić information content (AvgIpc) is 3.42. The molecule has 5 nitrogen and oxygen atoms in total. The van der Waals surface area contributed by atoms with Gasteiger partial charge in [-0.15, -0.1) is 0 Å². The quantitative estimate of drug-likeness (QED) is 0.603. The molecule has 1 fully saturated rings. The van der Waals surface area contributed by atoms with Crippen LogP contribution in [0.1, 0.15) is 17.5 Å². The highest BCUT2D eigenvalue weighted by Crippen LogP contribution is 2.39. The van der Waals surface area contributed by atoms with Crippen molar-refractivity contribution in [1.29, 1.82) is 5.26 Å². The van der Waals surface area contributed by atoms with Crippen molar-refractivity contribution in [2.45, 2.75) is 19.0 Å². The Labute approximate surface area is 170 Å². The summed E-state index contributed by atoms with van der Waals surface area (Å²) in [6.45, 7) is 0.301. The van der Waals surface area contributed by atoms with Crippen LogP contribution in [0.25, 0.3) is 10.9 Å². The van der Waals surface area contributed by atoms with E-state index in [2.05, 4.69) is 16.4 Å². The lowest BCUT2D eigenvalue weighted by Crippen LogP contribution is -2.14. The summed E-state index contributed by atoms with van der Waals surface area (Å²) in [5.74, 6) is -0.0516. The molecule has 1 aliphatic carbocycles. The topological polar surface area (TPSA) is 77.9 Å². The Morgan fingerprint density at radius 1 is 1.23 bits per heavy atom. The van der Waals surface area contributed by atoms with Gasteiger partial charge in [-0.05, 0) is 42.3 Å². The van der Waals surface area contributed by atoms with E-state index in [1.165, 1.54) is 12.1 Å². The van der Waals surface area contributed by atoms with Crippen LogP contribution in [0, 0.1) is 23.2 Å². The monoisotopic (exact) mass is 413 g/mol. The summed E-state index contributed by atoms with van der Waals surface area (Å²) in [4.78, 5) is 15.3. The van der Waals surface area contributed by atoms with Gasteiger partial charge in [0, 0.05) is 23.5 Å². The molecule has 1 aromatic heterocycles. The Morgan fingerprint density at radius 3 is 2.67 bits per heavy atom. The summed E-state index contributed by atoms with van der Waals surface area (Å²) < 4.78 is 43.6. The number of carbonyl (C=O) groups is 1. The first-order chi connectivity index (χ1) is 14.3. The van der Waals surface area contributed by atoms with E-state index >= 15 is 0 Å². The van der Waals surface area contributed by atoms with Crippen LogP contribution >= 0.6 is 0 Å². The molecule has 1 amide bonds. The summed E-state index contributed by atoms with van der Waals surface area (Å²) in [5.41, 5.74) is 1.52. The third kappa shape index (κ3) is 4.25. The number of rotatable bonds is 6. The van der Waals surface area contributed by atoms with Crippen molar-refractivity contribution in [2.75, 3.05) is 11.9 Å². The molecule has 0 spiro atoms. The first-order valence-corrected chi connectivity index (χ1v) is 9.45. The van der Waals surface area contributed by atoms with Gasteiger partial charge in [0.25, 0.3) is 0 Å². The maximum absolute atomic E-state index is 12.6. The maximum atomic E-state index is 12.6. The number of hydrogen-bond donors (Lipinski definition) is 2. The predicted octanol–water partition coefficient (Wildman–Crippen LogP) is 4.91. The van der Waals surface area contributed by atoms with Crippen LogP contribution in [0.4, 0.5) is 18.9 Å². The number of aromatic amines is 1. The number of anilines is 1. The standard InChI is InChI=1S/C22H18F3N3O2/c23-22(24,25)15-3-1-13(2-4-15)7-8-30-16-5-6-19-18(10-16)20(12-27-19)28-21(29)17-9-14(17)11-26/h1-6,10,12,14,17,27H,7-9H2,(H,28,29)/t14-,17-/m0/s1. The molecule has 154 valence electrons. The van der Waals surface area contributed by atoms with E-state index < -0.39 is 11.7 Å². The van der Waals surface area contributed by atoms with Gasteiger partial charge in [-0.25, -0.2) is 0 Å². The summed E-state index contributed by atoms with van der Waals surface area (Å²) in [7, 11) is 0. The summed E-state index contributed by atoms with van der Waals surface area (Å²) in [6, 6.07) is 12.5. The van der Waals surface area contributed by atoms with Gasteiger partial charge >= 0.3 is 6.18 Å². The summed E-state index contributed by atoms with van der Waals surface area (Å²) in [5, 5.41) is 12.5. The number of fused-ring (bicyclic) bond motifs is 1. The van der Waals surface area contributed by atoms with Gasteiger partial charge in [-0.3, -0.25) is 4.79 Å². The molecule has 1 heterocycles. The van der Waals surface area contributed by atoms with E-state index in [4.69, 9.17) is 10.00 Å². The number of alkyl halides is 3. The second-order valence-electron chi connectivity index (χ2n) is 7.27. The molecule has 1 saturated carbocycles. The van der Waals surface area contributed by atoms with E-state index in [9.17, 15) is 18.0 Å². The molecule has 30 heavy (non-hydrogen) atoms. The summed E-state index contributed by atoms with van der Waals surface area (Å²) in [6.07, 6.45) is -1.60. The zero-order chi connectivity index (χ0) is 21.3. The number of carbonyl (C=O) groups excluding carboxylic acids is 1. The number of H-pyrrole nitrogens is 1. The van der Waals surface area contributed by atoms with Crippen LogP contribution in [0.2, 0.25) is 0 Å². The van der Waals surface area contributed by atoms with Crippen molar-refractivity contribution >= 4 is 22.5 Å². The highest BCUT2D eigenvalue weighted by atomic mass is 19.4. The largest absolute Gasteiger partial charge is 0.493 e. The molecule has 1 aliphatic rings. The van der Waals surface area contributed by atoms with E-state index in [0.717, 1.165) is 28.6 Å². The van der Waals surface area contributed by atoms with Crippen molar-refractivity contribution < 1.29 is 22.7 Å². The fourth-order valence-corrected chi connectivity index (χ4v) is 3.29. The Hall–Kier alpha value is -3.47. The molecule has 2 N–H and O–H groups in total. The molecule has 2 atom stereocenters. The van der Waals surface area contributed by atoms with Gasteiger partial charge in [0.05, 0.1) is 35.8 Å². The lowest BCUT2D eigenvalue weighted by molar-refractivity contribution is -0.137. The Bertz CT molecular complexity index is 1110. The zero-order valence-electron chi connectivity index (χ0n) is 15.8. The number of ether oxygens (including phenoxy) is 1. The average molecular weight is 413 g/mol. The van der Waals surface area contributed by atoms with Crippen LogP contribution in [-0.4, -0.2) is 17.5 Å². The van der Waals surface area contributed by atoms with E-state index in [-0.39, 0.29) is 17.7 Å². The Balaban J connectivity index is 1.38. The normalized spacial score (nSPS) is 18.1.